The minimum atomic E-state index is -3.91. The number of piperidine rings is 1. The predicted octanol–water partition coefficient (Wildman–Crippen LogP) is 4.66. The van der Waals surface area contributed by atoms with Crippen molar-refractivity contribution in [3.63, 3.8) is 0 Å². The van der Waals surface area contributed by atoms with E-state index in [0.29, 0.717) is 34.8 Å². The van der Waals surface area contributed by atoms with Gasteiger partial charge in [0.15, 0.2) is 0 Å². The molecule has 4 rings (SSSR count). The lowest BCUT2D eigenvalue weighted by molar-refractivity contribution is -0.122. The van der Waals surface area contributed by atoms with Crippen LogP contribution in [0.25, 0.3) is 6.08 Å². The highest BCUT2D eigenvalue weighted by Gasteiger charge is 2.34. The Balaban J connectivity index is 1.75. The lowest BCUT2D eigenvalue weighted by Gasteiger charge is -2.30. The maximum absolute atomic E-state index is 13.5. The van der Waals surface area contributed by atoms with Crippen LogP contribution in [0.4, 0.5) is 5.88 Å². The second-order valence-corrected chi connectivity index (χ2v) is 12.0. The molecule has 0 spiro atoms. The number of carbonyl (C=O) groups is 1. The number of anilines is 1. The molecule has 0 unspecified atom stereocenters. The Hall–Kier alpha value is -2.17. The van der Waals surface area contributed by atoms with Crippen LogP contribution in [0.15, 0.2) is 43.5 Å². The Bertz CT molecular complexity index is 1190. The summed E-state index contributed by atoms with van der Waals surface area (Å²) in [5, 5.41) is -0.115. The summed E-state index contributed by atoms with van der Waals surface area (Å²) >= 11 is 6.51. The molecule has 0 radical (unpaired) electrons. The summed E-state index contributed by atoms with van der Waals surface area (Å²) in [7, 11) is -3.91. The van der Waals surface area contributed by atoms with Crippen molar-refractivity contribution in [3.8, 4) is 0 Å². The first-order chi connectivity index (χ1) is 15.7. The van der Waals surface area contributed by atoms with E-state index in [1.807, 2.05) is 18.7 Å². The van der Waals surface area contributed by atoms with Crippen LogP contribution < -0.4 is 4.90 Å². The number of thiocarbonyl (C=S) groups is 1. The van der Waals surface area contributed by atoms with E-state index >= 15 is 0 Å². The summed E-state index contributed by atoms with van der Waals surface area (Å²) in [6.07, 6.45) is 4.17. The molecule has 1 aromatic carbocycles. The summed E-state index contributed by atoms with van der Waals surface area (Å²) in [6, 6.07) is 6.68. The second-order valence-electron chi connectivity index (χ2n) is 8.48. The van der Waals surface area contributed by atoms with Crippen molar-refractivity contribution in [3.05, 3.63) is 40.6 Å². The van der Waals surface area contributed by atoms with E-state index in [0.717, 1.165) is 24.8 Å². The largest absolute Gasteiger partial charge is 0.420 e. The van der Waals surface area contributed by atoms with E-state index < -0.39 is 9.84 Å². The fourth-order valence-corrected chi connectivity index (χ4v) is 6.42. The first kappa shape index (κ1) is 24.0. The lowest BCUT2D eigenvalue weighted by Crippen LogP contribution is -2.33. The standard InChI is InChI=1S/C23H27N3O4S3/c1-4-11-26-21(27)18(32-23(26)31)14-19-24-20(22(30-19)25-12-9-16(3)10-13-25)33(28,29)17-7-5-15(2)6-8-17/h5-8,14,16H,4,9-13H2,1-3H3. The minimum absolute atomic E-state index is 0.0892. The van der Waals surface area contributed by atoms with Crippen LogP contribution in [-0.2, 0) is 14.6 Å². The number of aromatic nitrogens is 1. The average Bonchev–Trinajstić information content (AvgIpc) is 3.32. The van der Waals surface area contributed by atoms with Crippen molar-refractivity contribution in [1.82, 2.24) is 9.88 Å². The number of amides is 1. The third kappa shape index (κ3) is 4.88. The molecule has 33 heavy (non-hydrogen) atoms. The minimum Gasteiger partial charge on any atom is -0.420 e. The molecule has 7 nitrogen and oxygen atoms in total. The van der Waals surface area contributed by atoms with Crippen LogP contribution in [0, 0.1) is 12.8 Å². The molecule has 2 aliphatic heterocycles. The van der Waals surface area contributed by atoms with Crippen LogP contribution in [0.1, 0.15) is 44.6 Å². The van der Waals surface area contributed by atoms with E-state index in [-0.39, 0.29) is 27.6 Å². The van der Waals surface area contributed by atoms with Gasteiger partial charge in [-0.1, -0.05) is 55.5 Å². The number of carbonyl (C=O) groups excluding carboxylic acids is 1. The number of hydrogen-bond donors (Lipinski definition) is 0. The molecule has 3 heterocycles. The predicted molar refractivity (Wildman–Crippen MR) is 134 cm³/mol. The second kappa shape index (κ2) is 9.60. The van der Waals surface area contributed by atoms with Crippen molar-refractivity contribution in [1.29, 1.82) is 0 Å². The van der Waals surface area contributed by atoms with Gasteiger partial charge < -0.3 is 9.32 Å². The Morgan fingerprint density at radius 2 is 1.91 bits per heavy atom. The van der Waals surface area contributed by atoms with E-state index in [2.05, 4.69) is 11.9 Å². The SMILES string of the molecule is CCCN1C(=O)C(=Cc2nc(S(=O)(=O)c3ccc(C)cc3)c(N3CCC(C)CC3)o2)SC1=S. The lowest BCUT2D eigenvalue weighted by atomic mass is 9.99. The summed E-state index contributed by atoms with van der Waals surface area (Å²) in [5.74, 6) is 0.686. The number of benzene rings is 1. The number of nitrogens with zero attached hydrogens (tertiary/aromatic N) is 3. The quantitative estimate of drug-likeness (QED) is 0.414. The zero-order valence-electron chi connectivity index (χ0n) is 18.9. The van der Waals surface area contributed by atoms with Crippen LogP contribution in [0.2, 0.25) is 0 Å². The third-order valence-corrected chi connectivity index (χ3v) is 8.87. The molecule has 0 N–H and O–H groups in total. The summed E-state index contributed by atoms with van der Waals surface area (Å²) in [4.78, 5) is 21.1. The Morgan fingerprint density at radius 3 is 2.55 bits per heavy atom. The topological polar surface area (TPSA) is 83.7 Å². The number of rotatable bonds is 6. The molecular formula is C23H27N3O4S3. The third-order valence-electron chi connectivity index (χ3n) is 5.83. The van der Waals surface area contributed by atoms with Crippen LogP contribution in [0.3, 0.4) is 0 Å². The molecule has 0 saturated carbocycles. The Labute approximate surface area is 204 Å². The first-order valence-electron chi connectivity index (χ1n) is 11.0. The van der Waals surface area contributed by atoms with Crippen molar-refractivity contribution in [2.75, 3.05) is 24.5 Å². The monoisotopic (exact) mass is 505 g/mol. The van der Waals surface area contributed by atoms with Gasteiger partial charge in [-0.25, -0.2) is 8.42 Å². The normalized spacial score (nSPS) is 19.2. The van der Waals surface area contributed by atoms with Crippen molar-refractivity contribution >= 4 is 56.0 Å². The van der Waals surface area contributed by atoms with Crippen molar-refractivity contribution in [2.45, 2.75) is 50.0 Å². The van der Waals surface area contributed by atoms with Gasteiger partial charge in [0.05, 0.1) is 9.80 Å². The fraction of sp³-hybridized carbons (Fsp3) is 0.435. The average molecular weight is 506 g/mol. The number of hydrogen-bond acceptors (Lipinski definition) is 8. The van der Waals surface area contributed by atoms with E-state index in [4.69, 9.17) is 16.6 Å². The Morgan fingerprint density at radius 1 is 1.24 bits per heavy atom. The highest BCUT2D eigenvalue weighted by atomic mass is 32.2. The first-order valence-corrected chi connectivity index (χ1v) is 13.7. The zero-order chi connectivity index (χ0) is 23.8. The maximum Gasteiger partial charge on any atom is 0.266 e. The van der Waals surface area contributed by atoms with Gasteiger partial charge in [0.25, 0.3) is 5.91 Å². The Kier molecular flexibility index (Phi) is 6.97. The molecule has 0 atom stereocenters. The van der Waals surface area contributed by atoms with Crippen LogP contribution >= 0.6 is 24.0 Å². The molecule has 1 aromatic heterocycles. The summed E-state index contributed by atoms with van der Waals surface area (Å²) in [5.41, 5.74) is 0.967. The van der Waals surface area contributed by atoms with Crippen molar-refractivity contribution in [2.24, 2.45) is 5.92 Å². The summed E-state index contributed by atoms with van der Waals surface area (Å²) < 4.78 is 33.5. The molecule has 10 heteroatoms. The van der Waals surface area contributed by atoms with Gasteiger partial charge in [0.1, 0.15) is 4.32 Å². The van der Waals surface area contributed by atoms with E-state index in [1.165, 1.54) is 17.8 Å². The molecule has 2 aromatic rings. The van der Waals surface area contributed by atoms with Gasteiger partial charge in [-0.05, 0) is 44.2 Å². The highest BCUT2D eigenvalue weighted by Crippen LogP contribution is 2.37. The van der Waals surface area contributed by atoms with Crippen molar-refractivity contribution < 1.29 is 17.6 Å². The van der Waals surface area contributed by atoms with Gasteiger partial charge in [0.2, 0.25) is 26.6 Å². The highest BCUT2D eigenvalue weighted by molar-refractivity contribution is 8.26. The number of sulfone groups is 1. The van der Waals surface area contributed by atoms with Gasteiger partial charge in [-0.3, -0.25) is 9.69 Å². The molecule has 0 bridgehead atoms. The molecule has 0 aliphatic carbocycles. The van der Waals surface area contributed by atoms with Gasteiger partial charge >= 0.3 is 0 Å². The van der Waals surface area contributed by atoms with Gasteiger partial charge in [-0.15, -0.1) is 0 Å². The van der Waals surface area contributed by atoms with Crippen LogP contribution in [0.5, 0.6) is 0 Å². The number of oxazole rings is 1. The number of aryl methyl sites for hydroxylation is 1. The van der Waals surface area contributed by atoms with Crippen LogP contribution in [-0.4, -0.2) is 48.2 Å². The fourth-order valence-electron chi connectivity index (χ4n) is 3.82. The number of thioether (sulfide) groups is 1. The van der Waals surface area contributed by atoms with E-state index in [1.54, 1.807) is 29.2 Å². The maximum atomic E-state index is 13.5. The molecular weight excluding hydrogens is 478 g/mol. The van der Waals surface area contributed by atoms with E-state index in [9.17, 15) is 13.2 Å². The van der Waals surface area contributed by atoms with Gasteiger partial charge in [-0.2, -0.15) is 4.98 Å². The molecule has 2 fully saturated rings. The zero-order valence-corrected chi connectivity index (χ0v) is 21.4. The smallest absolute Gasteiger partial charge is 0.266 e. The molecule has 2 aliphatic rings. The molecule has 2 saturated heterocycles. The van der Waals surface area contributed by atoms with Gasteiger partial charge in [0, 0.05) is 25.7 Å². The molecule has 176 valence electrons. The summed E-state index contributed by atoms with van der Waals surface area (Å²) in [6.45, 7) is 7.98. The molecule has 1 amide bonds.